The molecule has 0 aromatic heterocycles. The molecule has 2 heterocycles. The number of nitrogens with zero attached hydrogens (tertiary/aromatic N) is 3. The van der Waals surface area contributed by atoms with Crippen LogP contribution in [0.2, 0.25) is 0 Å². The van der Waals surface area contributed by atoms with Gasteiger partial charge in [-0.2, -0.15) is 13.2 Å². The Bertz CT molecular complexity index is 852. The van der Waals surface area contributed by atoms with Gasteiger partial charge in [-0.05, 0) is 38.3 Å². The van der Waals surface area contributed by atoms with E-state index in [-0.39, 0.29) is 17.9 Å². The Morgan fingerprint density at radius 3 is 2.57 bits per heavy atom. The Labute approximate surface area is 159 Å². The van der Waals surface area contributed by atoms with Crippen LogP contribution in [0, 0.1) is 0 Å². The zero-order valence-corrected chi connectivity index (χ0v) is 15.3. The van der Waals surface area contributed by atoms with Crippen LogP contribution in [0.15, 0.2) is 24.3 Å². The molecule has 28 heavy (non-hydrogen) atoms. The summed E-state index contributed by atoms with van der Waals surface area (Å²) in [5.74, 6) is -1.36. The fourth-order valence-corrected chi connectivity index (χ4v) is 4.17. The summed E-state index contributed by atoms with van der Waals surface area (Å²) in [5, 5.41) is 0. The lowest BCUT2D eigenvalue weighted by molar-refractivity contribution is -0.163. The second-order valence-electron chi connectivity index (χ2n) is 7.72. The zero-order valence-electron chi connectivity index (χ0n) is 15.3. The van der Waals surface area contributed by atoms with Crippen molar-refractivity contribution in [2.75, 3.05) is 18.0 Å². The molecular formula is C19H20F3N3O3. The number of fused-ring (bicyclic) bond motifs is 3. The van der Waals surface area contributed by atoms with E-state index in [4.69, 9.17) is 0 Å². The summed E-state index contributed by atoms with van der Waals surface area (Å²) in [6, 6.07) is 6.18. The smallest absolute Gasteiger partial charge is 0.329 e. The summed E-state index contributed by atoms with van der Waals surface area (Å²) >= 11 is 0. The van der Waals surface area contributed by atoms with Crippen molar-refractivity contribution < 1.29 is 27.6 Å². The van der Waals surface area contributed by atoms with Crippen molar-refractivity contribution in [2.24, 2.45) is 0 Å². The molecule has 1 atom stereocenters. The molecule has 6 nitrogen and oxygen atoms in total. The number of para-hydroxylation sites is 1. The maximum Gasteiger partial charge on any atom is 0.406 e. The molecule has 0 spiro atoms. The summed E-state index contributed by atoms with van der Waals surface area (Å²) in [6.45, 7) is -0.126. The minimum Gasteiger partial charge on any atom is -0.329 e. The van der Waals surface area contributed by atoms with E-state index in [0.29, 0.717) is 24.9 Å². The number of alkyl halides is 3. The Hall–Kier alpha value is -2.58. The molecule has 1 saturated heterocycles. The molecule has 0 N–H and O–H groups in total. The molecule has 9 heteroatoms. The minimum absolute atomic E-state index is 0.172. The zero-order chi connectivity index (χ0) is 20.3. The molecule has 1 aromatic carbocycles. The van der Waals surface area contributed by atoms with Crippen LogP contribution < -0.4 is 4.90 Å². The third-order valence-electron chi connectivity index (χ3n) is 5.70. The van der Waals surface area contributed by atoms with Gasteiger partial charge in [-0.3, -0.25) is 19.3 Å². The molecule has 3 aliphatic rings. The van der Waals surface area contributed by atoms with Crippen molar-refractivity contribution >= 4 is 23.4 Å². The lowest BCUT2D eigenvalue weighted by Crippen LogP contribution is -2.64. The van der Waals surface area contributed by atoms with E-state index in [1.165, 1.54) is 9.80 Å². The summed E-state index contributed by atoms with van der Waals surface area (Å²) in [5.41, 5.74) is -0.307. The molecule has 1 aliphatic carbocycles. The van der Waals surface area contributed by atoms with Crippen LogP contribution in [-0.4, -0.2) is 58.5 Å². The highest BCUT2D eigenvalue weighted by Gasteiger charge is 2.54. The number of anilines is 1. The highest BCUT2D eigenvalue weighted by molar-refractivity contribution is 6.11. The second kappa shape index (κ2) is 6.22. The monoisotopic (exact) mass is 395 g/mol. The average Bonchev–Trinajstić information content (AvgIpc) is 3.41. The molecule has 4 rings (SSSR count). The number of hydrogen-bond acceptors (Lipinski definition) is 3. The van der Waals surface area contributed by atoms with Crippen molar-refractivity contribution in [3.05, 3.63) is 29.8 Å². The van der Waals surface area contributed by atoms with Gasteiger partial charge >= 0.3 is 6.18 Å². The van der Waals surface area contributed by atoms with Crippen LogP contribution in [0.25, 0.3) is 0 Å². The number of rotatable bonds is 4. The van der Waals surface area contributed by atoms with Gasteiger partial charge in [0.2, 0.25) is 11.8 Å². The topological polar surface area (TPSA) is 60.9 Å². The maximum atomic E-state index is 13.1. The molecule has 2 fully saturated rings. The number of hydrogen-bond donors (Lipinski definition) is 0. The summed E-state index contributed by atoms with van der Waals surface area (Å²) < 4.78 is 38.8. The van der Waals surface area contributed by atoms with Crippen LogP contribution in [0.1, 0.15) is 43.0 Å². The number of halogens is 3. The van der Waals surface area contributed by atoms with Gasteiger partial charge in [0.1, 0.15) is 18.8 Å². The van der Waals surface area contributed by atoms with Gasteiger partial charge in [-0.25, -0.2) is 0 Å². The molecule has 1 saturated carbocycles. The van der Waals surface area contributed by atoms with Crippen LogP contribution >= 0.6 is 0 Å². The third-order valence-corrected chi connectivity index (χ3v) is 5.70. The second-order valence-corrected chi connectivity index (χ2v) is 7.72. The Balaban J connectivity index is 1.66. The van der Waals surface area contributed by atoms with Crippen molar-refractivity contribution in [3.8, 4) is 0 Å². The van der Waals surface area contributed by atoms with Gasteiger partial charge in [0.05, 0.1) is 11.3 Å². The van der Waals surface area contributed by atoms with Crippen LogP contribution in [0.5, 0.6) is 0 Å². The van der Waals surface area contributed by atoms with Gasteiger partial charge in [0.25, 0.3) is 5.91 Å². The largest absolute Gasteiger partial charge is 0.406 e. The summed E-state index contributed by atoms with van der Waals surface area (Å²) in [6.07, 6.45) is -2.92. The lowest BCUT2D eigenvalue weighted by atomic mass is 9.98. The number of benzene rings is 1. The fourth-order valence-electron chi connectivity index (χ4n) is 4.17. The predicted octanol–water partition coefficient (Wildman–Crippen LogP) is 2.54. The number of carbonyl (C=O) groups is 3. The van der Waals surface area contributed by atoms with Crippen molar-refractivity contribution in [1.29, 1.82) is 0 Å². The highest BCUT2D eigenvalue weighted by Crippen LogP contribution is 2.44. The first-order valence-corrected chi connectivity index (χ1v) is 9.22. The van der Waals surface area contributed by atoms with Gasteiger partial charge in [-0.1, -0.05) is 12.1 Å². The van der Waals surface area contributed by atoms with Gasteiger partial charge < -0.3 is 9.80 Å². The van der Waals surface area contributed by atoms with E-state index in [9.17, 15) is 27.6 Å². The Morgan fingerprint density at radius 1 is 1.25 bits per heavy atom. The van der Waals surface area contributed by atoms with E-state index < -0.39 is 42.8 Å². The number of carbonyl (C=O) groups excluding carboxylic acids is 3. The summed E-state index contributed by atoms with van der Waals surface area (Å²) in [7, 11) is 0. The lowest BCUT2D eigenvalue weighted by Gasteiger charge is -2.48. The van der Waals surface area contributed by atoms with E-state index in [1.54, 1.807) is 31.2 Å². The van der Waals surface area contributed by atoms with Crippen LogP contribution in [0.3, 0.4) is 0 Å². The first kappa shape index (κ1) is 18.8. The number of amides is 3. The SMILES string of the molecule is C[C@]12CCC(=O)N1c1ccccc1C(=O)N2CC(=O)N(CC(F)(F)F)C1CC1. The van der Waals surface area contributed by atoms with E-state index in [1.807, 2.05) is 0 Å². The average molecular weight is 395 g/mol. The standard InChI is InChI=1S/C19H20F3N3O3/c1-18-9-8-15(26)25(18)14-5-3-2-4-13(14)17(28)24(18)10-16(27)23(12-6-7-12)11-19(20,21)22/h2-5,12H,6-11H2,1H3/t18-/m1/s1. The van der Waals surface area contributed by atoms with Crippen LogP contribution in [0.4, 0.5) is 18.9 Å². The normalized spacial score (nSPS) is 24.3. The first-order valence-electron chi connectivity index (χ1n) is 9.22. The molecule has 0 radical (unpaired) electrons. The van der Waals surface area contributed by atoms with E-state index in [2.05, 4.69) is 0 Å². The Morgan fingerprint density at radius 2 is 1.93 bits per heavy atom. The fraction of sp³-hybridized carbons (Fsp3) is 0.526. The van der Waals surface area contributed by atoms with E-state index in [0.717, 1.165) is 4.90 Å². The van der Waals surface area contributed by atoms with Crippen molar-refractivity contribution in [2.45, 2.75) is 50.5 Å². The molecule has 0 bridgehead atoms. The predicted molar refractivity (Wildman–Crippen MR) is 93.4 cm³/mol. The molecule has 150 valence electrons. The maximum absolute atomic E-state index is 13.1. The van der Waals surface area contributed by atoms with Gasteiger partial charge in [-0.15, -0.1) is 0 Å². The first-order chi connectivity index (χ1) is 13.1. The third kappa shape index (κ3) is 3.02. The quantitative estimate of drug-likeness (QED) is 0.787. The molecule has 3 amide bonds. The Kier molecular flexibility index (Phi) is 4.17. The molecule has 2 aliphatic heterocycles. The highest BCUT2D eigenvalue weighted by atomic mass is 19.4. The van der Waals surface area contributed by atoms with Crippen molar-refractivity contribution in [1.82, 2.24) is 9.80 Å². The van der Waals surface area contributed by atoms with Crippen molar-refractivity contribution in [3.63, 3.8) is 0 Å². The summed E-state index contributed by atoms with van der Waals surface area (Å²) in [4.78, 5) is 41.9. The van der Waals surface area contributed by atoms with Gasteiger partial charge in [0, 0.05) is 12.5 Å². The van der Waals surface area contributed by atoms with Gasteiger partial charge in [0.15, 0.2) is 0 Å². The van der Waals surface area contributed by atoms with Crippen LogP contribution in [-0.2, 0) is 9.59 Å². The minimum atomic E-state index is -4.50. The molecule has 1 aromatic rings. The van der Waals surface area contributed by atoms with E-state index >= 15 is 0 Å². The molecule has 0 unspecified atom stereocenters. The molecular weight excluding hydrogens is 375 g/mol.